The van der Waals surface area contributed by atoms with Crippen molar-refractivity contribution >= 4 is 28.3 Å². The van der Waals surface area contributed by atoms with Crippen LogP contribution in [0.2, 0.25) is 0 Å². The summed E-state index contributed by atoms with van der Waals surface area (Å²) < 4.78 is 0. The third-order valence-electron chi connectivity index (χ3n) is 5.78. The first-order valence-electron chi connectivity index (χ1n) is 10.5. The number of anilines is 1. The molecule has 0 spiro atoms. The van der Waals surface area contributed by atoms with E-state index in [0.29, 0.717) is 28.8 Å². The maximum atomic E-state index is 13.1. The highest BCUT2D eigenvalue weighted by Gasteiger charge is 2.26. The number of hydrogen-bond acceptors (Lipinski definition) is 3. The SMILES string of the molecule is Cc1ccc(C(=O)N2CC(C)CC(C)C2)cc1NC(=O)c1nccc2ccccc12. The Bertz CT molecular complexity index is 1090. The quantitative estimate of drug-likeness (QED) is 0.678. The fourth-order valence-electron chi connectivity index (χ4n) is 4.38. The van der Waals surface area contributed by atoms with E-state index in [2.05, 4.69) is 24.1 Å². The highest BCUT2D eigenvalue weighted by atomic mass is 16.2. The molecule has 1 fully saturated rings. The Kier molecular flexibility index (Phi) is 5.53. The normalized spacial score (nSPS) is 19.0. The van der Waals surface area contributed by atoms with E-state index in [4.69, 9.17) is 0 Å². The van der Waals surface area contributed by atoms with E-state index in [9.17, 15) is 9.59 Å². The van der Waals surface area contributed by atoms with Gasteiger partial charge in [0.1, 0.15) is 5.69 Å². The van der Waals surface area contributed by atoms with Crippen molar-refractivity contribution < 1.29 is 9.59 Å². The van der Waals surface area contributed by atoms with Gasteiger partial charge < -0.3 is 10.2 Å². The number of hydrogen-bond donors (Lipinski definition) is 1. The smallest absolute Gasteiger partial charge is 0.274 e. The number of pyridine rings is 1. The number of aromatic nitrogens is 1. The van der Waals surface area contributed by atoms with Gasteiger partial charge in [0, 0.05) is 35.9 Å². The van der Waals surface area contributed by atoms with Crippen molar-refractivity contribution in [1.29, 1.82) is 0 Å². The van der Waals surface area contributed by atoms with E-state index in [1.54, 1.807) is 12.3 Å². The molecule has 1 saturated heterocycles. The lowest BCUT2D eigenvalue weighted by Gasteiger charge is -2.35. The number of rotatable bonds is 3. The summed E-state index contributed by atoms with van der Waals surface area (Å²) in [5.74, 6) is 0.742. The van der Waals surface area contributed by atoms with Gasteiger partial charge in [-0.1, -0.05) is 44.2 Å². The molecule has 2 unspecified atom stereocenters. The number of nitrogens with zero attached hydrogens (tertiary/aromatic N) is 2. The van der Waals surface area contributed by atoms with E-state index >= 15 is 0 Å². The van der Waals surface area contributed by atoms with Crippen LogP contribution in [0, 0.1) is 18.8 Å². The molecule has 5 heteroatoms. The lowest BCUT2D eigenvalue weighted by atomic mass is 9.91. The zero-order chi connectivity index (χ0) is 21.3. The molecule has 2 aromatic carbocycles. The van der Waals surface area contributed by atoms with Gasteiger partial charge in [-0.05, 0) is 54.3 Å². The summed E-state index contributed by atoms with van der Waals surface area (Å²) in [6, 6.07) is 15.1. The molecule has 0 radical (unpaired) electrons. The van der Waals surface area contributed by atoms with Crippen molar-refractivity contribution in [2.45, 2.75) is 27.2 Å². The minimum atomic E-state index is -0.278. The molecule has 3 aromatic rings. The van der Waals surface area contributed by atoms with Crippen molar-refractivity contribution in [1.82, 2.24) is 9.88 Å². The minimum absolute atomic E-state index is 0.0205. The zero-order valence-corrected chi connectivity index (χ0v) is 17.7. The average molecular weight is 402 g/mol. The Labute approximate surface area is 177 Å². The first-order valence-corrected chi connectivity index (χ1v) is 10.5. The number of likely N-dealkylation sites (tertiary alicyclic amines) is 1. The molecule has 1 aromatic heterocycles. The topological polar surface area (TPSA) is 62.3 Å². The van der Waals surface area contributed by atoms with Crippen molar-refractivity contribution in [3.8, 4) is 0 Å². The molecule has 1 N–H and O–H groups in total. The molecule has 30 heavy (non-hydrogen) atoms. The second kappa shape index (κ2) is 8.27. The van der Waals surface area contributed by atoms with Crippen LogP contribution in [0.1, 0.15) is 46.7 Å². The Balaban J connectivity index is 1.59. The second-order valence-electron chi connectivity index (χ2n) is 8.52. The third kappa shape index (κ3) is 4.06. The number of benzene rings is 2. The monoisotopic (exact) mass is 401 g/mol. The van der Waals surface area contributed by atoms with Gasteiger partial charge in [0.05, 0.1) is 0 Å². The van der Waals surface area contributed by atoms with Gasteiger partial charge in [-0.3, -0.25) is 14.6 Å². The van der Waals surface area contributed by atoms with Gasteiger partial charge in [0.2, 0.25) is 0 Å². The Morgan fingerprint density at radius 2 is 1.77 bits per heavy atom. The van der Waals surface area contributed by atoms with Crippen LogP contribution in [-0.4, -0.2) is 34.8 Å². The minimum Gasteiger partial charge on any atom is -0.338 e. The van der Waals surface area contributed by atoms with Crippen LogP contribution in [0.4, 0.5) is 5.69 Å². The van der Waals surface area contributed by atoms with E-state index in [1.165, 1.54) is 0 Å². The van der Waals surface area contributed by atoms with Gasteiger partial charge in [-0.25, -0.2) is 0 Å². The lowest BCUT2D eigenvalue weighted by molar-refractivity contribution is 0.0623. The van der Waals surface area contributed by atoms with E-state index in [1.807, 2.05) is 54.3 Å². The molecule has 2 amide bonds. The molecular formula is C25H27N3O2. The van der Waals surface area contributed by atoms with Gasteiger partial charge in [-0.15, -0.1) is 0 Å². The van der Waals surface area contributed by atoms with E-state index in [0.717, 1.165) is 35.8 Å². The zero-order valence-electron chi connectivity index (χ0n) is 17.7. The van der Waals surface area contributed by atoms with Crippen LogP contribution in [0.15, 0.2) is 54.7 Å². The van der Waals surface area contributed by atoms with Crippen molar-refractivity contribution in [3.05, 3.63) is 71.5 Å². The number of carbonyl (C=O) groups excluding carboxylic acids is 2. The molecule has 0 aliphatic carbocycles. The van der Waals surface area contributed by atoms with Crippen molar-refractivity contribution in [2.75, 3.05) is 18.4 Å². The number of carbonyl (C=O) groups is 2. The second-order valence-corrected chi connectivity index (χ2v) is 8.52. The average Bonchev–Trinajstić information content (AvgIpc) is 2.73. The Hall–Kier alpha value is -3.21. The number of amides is 2. The maximum absolute atomic E-state index is 13.1. The first kappa shape index (κ1) is 20.1. The third-order valence-corrected chi connectivity index (χ3v) is 5.78. The summed E-state index contributed by atoms with van der Waals surface area (Å²) in [5.41, 5.74) is 2.52. The number of aryl methyl sites for hydroxylation is 1. The number of piperidine rings is 1. The molecule has 4 rings (SSSR count). The standard InChI is InChI=1S/C25H27N3O2/c1-16-12-17(2)15-28(14-16)25(30)20-9-8-18(3)22(13-20)27-24(29)23-21-7-5-4-6-19(21)10-11-26-23/h4-11,13,16-17H,12,14-15H2,1-3H3,(H,27,29). The summed E-state index contributed by atoms with van der Waals surface area (Å²) in [7, 11) is 0. The fraction of sp³-hybridized carbons (Fsp3) is 0.320. The van der Waals surface area contributed by atoms with Crippen LogP contribution in [0.5, 0.6) is 0 Å². The molecule has 2 atom stereocenters. The van der Waals surface area contributed by atoms with Crippen LogP contribution < -0.4 is 5.32 Å². The van der Waals surface area contributed by atoms with Gasteiger partial charge >= 0.3 is 0 Å². The summed E-state index contributed by atoms with van der Waals surface area (Å²) in [5, 5.41) is 4.73. The molecule has 1 aliphatic rings. The molecule has 5 nitrogen and oxygen atoms in total. The summed E-state index contributed by atoms with van der Waals surface area (Å²) in [6.45, 7) is 7.85. The molecule has 0 saturated carbocycles. The van der Waals surface area contributed by atoms with Crippen LogP contribution in [0.25, 0.3) is 10.8 Å². The van der Waals surface area contributed by atoms with Crippen LogP contribution >= 0.6 is 0 Å². The highest BCUT2D eigenvalue weighted by molar-refractivity contribution is 6.11. The summed E-state index contributed by atoms with van der Waals surface area (Å²) in [6.07, 6.45) is 2.79. The highest BCUT2D eigenvalue weighted by Crippen LogP contribution is 2.25. The molecule has 1 aliphatic heterocycles. The van der Waals surface area contributed by atoms with Gasteiger partial charge in [0.25, 0.3) is 11.8 Å². The maximum Gasteiger partial charge on any atom is 0.274 e. The first-order chi connectivity index (χ1) is 14.4. The Morgan fingerprint density at radius 1 is 1.03 bits per heavy atom. The Morgan fingerprint density at radius 3 is 2.53 bits per heavy atom. The van der Waals surface area contributed by atoms with Crippen LogP contribution in [0.3, 0.4) is 0 Å². The van der Waals surface area contributed by atoms with E-state index < -0.39 is 0 Å². The fourth-order valence-corrected chi connectivity index (χ4v) is 4.38. The van der Waals surface area contributed by atoms with Gasteiger partial charge in [0.15, 0.2) is 0 Å². The molecule has 0 bridgehead atoms. The predicted molar refractivity (Wildman–Crippen MR) is 120 cm³/mol. The van der Waals surface area contributed by atoms with Crippen molar-refractivity contribution in [3.63, 3.8) is 0 Å². The number of fused-ring (bicyclic) bond motifs is 1. The van der Waals surface area contributed by atoms with E-state index in [-0.39, 0.29) is 11.8 Å². The van der Waals surface area contributed by atoms with Crippen LogP contribution in [-0.2, 0) is 0 Å². The van der Waals surface area contributed by atoms with Gasteiger partial charge in [-0.2, -0.15) is 0 Å². The predicted octanol–water partition coefficient (Wildman–Crippen LogP) is 4.91. The molecule has 154 valence electrons. The largest absolute Gasteiger partial charge is 0.338 e. The molecule has 2 heterocycles. The summed E-state index contributed by atoms with van der Waals surface area (Å²) in [4.78, 5) is 32.3. The molecular weight excluding hydrogens is 374 g/mol. The number of nitrogens with one attached hydrogen (secondary N) is 1. The summed E-state index contributed by atoms with van der Waals surface area (Å²) >= 11 is 0. The van der Waals surface area contributed by atoms with Crippen molar-refractivity contribution in [2.24, 2.45) is 11.8 Å². The lowest BCUT2D eigenvalue weighted by Crippen LogP contribution is -2.42.